The lowest BCUT2D eigenvalue weighted by atomic mass is 10.1. The molecule has 5 heteroatoms. The third-order valence-corrected chi connectivity index (χ3v) is 4.83. The summed E-state index contributed by atoms with van der Waals surface area (Å²) < 4.78 is 0. The highest BCUT2D eigenvalue weighted by Crippen LogP contribution is 2.20. The van der Waals surface area contributed by atoms with E-state index in [1.807, 2.05) is 37.2 Å². The van der Waals surface area contributed by atoms with Crippen LogP contribution in [0, 0.1) is 0 Å². The van der Waals surface area contributed by atoms with Crippen LogP contribution >= 0.6 is 0 Å². The van der Waals surface area contributed by atoms with Crippen molar-refractivity contribution in [3.63, 3.8) is 0 Å². The molecule has 3 rings (SSSR count). The van der Waals surface area contributed by atoms with Gasteiger partial charge >= 0.3 is 6.03 Å². The van der Waals surface area contributed by atoms with Gasteiger partial charge in [0.2, 0.25) is 0 Å². The Balaban J connectivity index is 1.43. The molecule has 0 unspecified atom stereocenters. The van der Waals surface area contributed by atoms with Crippen molar-refractivity contribution in [2.75, 3.05) is 56.6 Å². The molecule has 1 saturated heterocycles. The number of rotatable bonds is 5. The predicted octanol–water partition coefficient (Wildman–Crippen LogP) is 2.83. The van der Waals surface area contributed by atoms with Crippen LogP contribution in [0.25, 0.3) is 0 Å². The van der Waals surface area contributed by atoms with E-state index in [4.69, 9.17) is 0 Å². The first-order valence-electron chi connectivity index (χ1n) is 9.22. The molecule has 0 radical (unpaired) electrons. The summed E-state index contributed by atoms with van der Waals surface area (Å²) in [6, 6.07) is 18.9. The van der Waals surface area contributed by atoms with Crippen molar-refractivity contribution < 1.29 is 4.79 Å². The van der Waals surface area contributed by atoms with Gasteiger partial charge in [0, 0.05) is 58.2 Å². The molecule has 1 heterocycles. The zero-order valence-electron chi connectivity index (χ0n) is 15.7. The molecule has 2 aromatic rings. The Hall–Kier alpha value is -2.69. The first-order valence-corrected chi connectivity index (χ1v) is 9.22. The Morgan fingerprint density at radius 1 is 0.962 bits per heavy atom. The number of benzene rings is 2. The summed E-state index contributed by atoms with van der Waals surface area (Å²) in [5, 5.41) is 3.04. The third-order valence-electron chi connectivity index (χ3n) is 4.83. The average Bonchev–Trinajstić information content (AvgIpc) is 2.69. The number of carbonyl (C=O) groups is 1. The number of hydrogen-bond acceptors (Lipinski definition) is 3. The summed E-state index contributed by atoms with van der Waals surface area (Å²) in [7, 11) is 4.09. The van der Waals surface area contributed by atoms with E-state index in [0.717, 1.165) is 32.6 Å². The summed E-state index contributed by atoms with van der Waals surface area (Å²) >= 11 is 0. The van der Waals surface area contributed by atoms with E-state index < -0.39 is 0 Å². The molecular formula is C21H28N4O. The lowest BCUT2D eigenvalue weighted by Gasteiger charge is -2.36. The average molecular weight is 352 g/mol. The minimum Gasteiger partial charge on any atom is -0.378 e. The van der Waals surface area contributed by atoms with E-state index in [0.29, 0.717) is 6.54 Å². The quantitative estimate of drug-likeness (QED) is 0.899. The molecule has 0 aromatic heterocycles. The molecule has 0 atom stereocenters. The Labute approximate surface area is 156 Å². The molecule has 2 aromatic carbocycles. The number of anilines is 2. The Kier molecular flexibility index (Phi) is 6.00. The zero-order valence-corrected chi connectivity index (χ0v) is 15.7. The molecule has 1 aliphatic heterocycles. The number of piperazine rings is 1. The van der Waals surface area contributed by atoms with Gasteiger partial charge in [0.1, 0.15) is 0 Å². The second-order valence-electron chi connectivity index (χ2n) is 6.85. The number of amides is 2. The maximum atomic E-state index is 12.3. The number of hydrogen-bond donors (Lipinski definition) is 1. The maximum Gasteiger partial charge on any atom is 0.317 e. The van der Waals surface area contributed by atoms with Crippen LogP contribution in [-0.4, -0.2) is 57.8 Å². The molecular weight excluding hydrogens is 324 g/mol. The van der Waals surface area contributed by atoms with Crippen molar-refractivity contribution in [2.24, 2.45) is 0 Å². The van der Waals surface area contributed by atoms with Crippen LogP contribution in [0.4, 0.5) is 16.2 Å². The largest absolute Gasteiger partial charge is 0.378 e. The van der Waals surface area contributed by atoms with E-state index in [1.165, 1.54) is 16.9 Å². The van der Waals surface area contributed by atoms with Crippen LogP contribution in [0.15, 0.2) is 54.6 Å². The van der Waals surface area contributed by atoms with Crippen LogP contribution in [-0.2, 0) is 6.42 Å². The summed E-state index contributed by atoms with van der Waals surface area (Å²) in [5.74, 6) is 0. The molecule has 0 aliphatic carbocycles. The van der Waals surface area contributed by atoms with Crippen molar-refractivity contribution in [3.05, 3.63) is 60.2 Å². The van der Waals surface area contributed by atoms with Gasteiger partial charge in [-0.2, -0.15) is 0 Å². The first kappa shape index (κ1) is 18.1. The van der Waals surface area contributed by atoms with E-state index >= 15 is 0 Å². The summed E-state index contributed by atoms with van der Waals surface area (Å²) in [6.07, 6.45) is 0.866. The minimum absolute atomic E-state index is 0.0449. The molecule has 138 valence electrons. The molecule has 0 saturated carbocycles. The SMILES string of the molecule is CN(C)c1ccc(N2CCN(C(=O)NCCc3ccccc3)CC2)cc1. The highest BCUT2D eigenvalue weighted by molar-refractivity contribution is 5.74. The molecule has 2 amide bonds. The normalized spacial score (nSPS) is 14.2. The second-order valence-corrected chi connectivity index (χ2v) is 6.85. The molecule has 1 N–H and O–H groups in total. The number of nitrogens with one attached hydrogen (secondary N) is 1. The Bertz CT molecular complexity index is 692. The fraction of sp³-hybridized carbons (Fsp3) is 0.381. The zero-order chi connectivity index (χ0) is 18.4. The molecule has 0 spiro atoms. The van der Waals surface area contributed by atoms with Gasteiger partial charge in [-0.3, -0.25) is 0 Å². The fourth-order valence-corrected chi connectivity index (χ4v) is 3.20. The van der Waals surface area contributed by atoms with Gasteiger partial charge < -0.3 is 20.0 Å². The highest BCUT2D eigenvalue weighted by atomic mass is 16.2. The minimum atomic E-state index is 0.0449. The molecule has 26 heavy (non-hydrogen) atoms. The summed E-state index contributed by atoms with van der Waals surface area (Å²) in [6.45, 7) is 3.93. The molecule has 0 bridgehead atoms. The van der Waals surface area contributed by atoms with Gasteiger partial charge in [0.25, 0.3) is 0 Å². The number of nitrogens with zero attached hydrogens (tertiary/aromatic N) is 3. The van der Waals surface area contributed by atoms with Crippen LogP contribution < -0.4 is 15.1 Å². The fourth-order valence-electron chi connectivity index (χ4n) is 3.20. The van der Waals surface area contributed by atoms with Gasteiger partial charge in [0.05, 0.1) is 0 Å². The topological polar surface area (TPSA) is 38.8 Å². The monoisotopic (exact) mass is 352 g/mol. The van der Waals surface area contributed by atoms with Crippen molar-refractivity contribution in [3.8, 4) is 0 Å². The van der Waals surface area contributed by atoms with E-state index in [9.17, 15) is 4.79 Å². The standard InChI is InChI=1S/C21H28N4O/c1-23(2)19-8-10-20(11-9-19)24-14-16-25(17-15-24)21(26)22-13-12-18-6-4-3-5-7-18/h3-11H,12-17H2,1-2H3,(H,22,26). The van der Waals surface area contributed by atoms with E-state index in [2.05, 4.69) is 51.5 Å². The van der Waals surface area contributed by atoms with Gasteiger partial charge in [-0.05, 0) is 36.2 Å². The van der Waals surface area contributed by atoms with E-state index in [1.54, 1.807) is 0 Å². The van der Waals surface area contributed by atoms with Crippen LogP contribution in [0.2, 0.25) is 0 Å². The lowest BCUT2D eigenvalue weighted by Crippen LogP contribution is -2.52. The van der Waals surface area contributed by atoms with Crippen LogP contribution in [0.3, 0.4) is 0 Å². The van der Waals surface area contributed by atoms with E-state index in [-0.39, 0.29) is 6.03 Å². The Morgan fingerprint density at radius 3 is 2.23 bits per heavy atom. The van der Waals surface area contributed by atoms with Gasteiger partial charge in [0.15, 0.2) is 0 Å². The van der Waals surface area contributed by atoms with Gasteiger partial charge in [-0.25, -0.2) is 4.79 Å². The molecule has 1 aliphatic rings. The van der Waals surface area contributed by atoms with Crippen molar-refractivity contribution >= 4 is 17.4 Å². The van der Waals surface area contributed by atoms with Crippen LogP contribution in [0.5, 0.6) is 0 Å². The molecule has 1 fully saturated rings. The maximum absolute atomic E-state index is 12.3. The van der Waals surface area contributed by atoms with Gasteiger partial charge in [-0.15, -0.1) is 0 Å². The highest BCUT2D eigenvalue weighted by Gasteiger charge is 2.21. The van der Waals surface area contributed by atoms with Crippen molar-refractivity contribution in [1.82, 2.24) is 10.2 Å². The lowest BCUT2D eigenvalue weighted by molar-refractivity contribution is 0.194. The van der Waals surface area contributed by atoms with Crippen molar-refractivity contribution in [1.29, 1.82) is 0 Å². The number of carbonyl (C=O) groups excluding carboxylic acids is 1. The molecule has 5 nitrogen and oxygen atoms in total. The van der Waals surface area contributed by atoms with Crippen LogP contribution in [0.1, 0.15) is 5.56 Å². The first-order chi connectivity index (χ1) is 12.6. The second kappa shape index (κ2) is 8.61. The third kappa shape index (κ3) is 4.69. The summed E-state index contributed by atoms with van der Waals surface area (Å²) in [5.41, 5.74) is 3.67. The smallest absolute Gasteiger partial charge is 0.317 e. The predicted molar refractivity (Wildman–Crippen MR) is 108 cm³/mol. The van der Waals surface area contributed by atoms with Crippen molar-refractivity contribution in [2.45, 2.75) is 6.42 Å². The Morgan fingerprint density at radius 2 is 1.62 bits per heavy atom. The summed E-state index contributed by atoms with van der Waals surface area (Å²) in [4.78, 5) is 18.7. The van der Waals surface area contributed by atoms with Gasteiger partial charge in [-0.1, -0.05) is 30.3 Å². The number of urea groups is 1.